The Bertz CT molecular complexity index is 1250. The highest BCUT2D eigenvalue weighted by Crippen LogP contribution is 2.53. The molecular formula is C26H20N2O3S. The van der Waals surface area contributed by atoms with Crippen LogP contribution in [0.5, 0.6) is 0 Å². The number of nitrogens with zero attached hydrogens (tertiary/aromatic N) is 2. The molecule has 2 fully saturated rings. The van der Waals surface area contributed by atoms with Gasteiger partial charge in [0.05, 0.1) is 29.3 Å². The van der Waals surface area contributed by atoms with Crippen LogP contribution in [0.1, 0.15) is 32.4 Å². The monoisotopic (exact) mass is 440 g/mol. The molecule has 0 radical (unpaired) electrons. The van der Waals surface area contributed by atoms with Crippen molar-refractivity contribution in [1.82, 2.24) is 9.80 Å². The van der Waals surface area contributed by atoms with Crippen molar-refractivity contribution in [2.24, 2.45) is 11.8 Å². The summed E-state index contributed by atoms with van der Waals surface area (Å²) in [6, 6.07) is 20.1. The number of rotatable bonds is 4. The first kappa shape index (κ1) is 19.2. The molecule has 0 bridgehead atoms. The number of benzene rings is 2. The molecule has 3 aliphatic heterocycles. The Morgan fingerprint density at radius 3 is 2.41 bits per heavy atom. The van der Waals surface area contributed by atoms with Crippen molar-refractivity contribution in [3.63, 3.8) is 0 Å². The van der Waals surface area contributed by atoms with Crippen molar-refractivity contribution < 1.29 is 14.4 Å². The van der Waals surface area contributed by atoms with Gasteiger partial charge in [0.2, 0.25) is 11.8 Å². The molecule has 0 aliphatic carbocycles. The average Bonchev–Trinajstić information content (AvgIpc) is 3.53. The van der Waals surface area contributed by atoms with Crippen LogP contribution in [0, 0.1) is 11.8 Å². The molecular weight excluding hydrogens is 420 g/mol. The molecule has 1 aromatic heterocycles. The highest BCUT2D eigenvalue weighted by Gasteiger charge is 2.64. The van der Waals surface area contributed by atoms with Crippen LogP contribution in [0.2, 0.25) is 0 Å². The minimum absolute atomic E-state index is 0.0933. The number of fused-ring (bicyclic) bond motifs is 5. The molecule has 32 heavy (non-hydrogen) atoms. The number of thiophene rings is 1. The number of ketones is 1. The number of hydrogen-bond acceptors (Lipinski definition) is 5. The molecule has 3 aromatic rings. The van der Waals surface area contributed by atoms with Gasteiger partial charge in [0, 0.05) is 6.20 Å². The van der Waals surface area contributed by atoms with Gasteiger partial charge in [-0.1, -0.05) is 60.7 Å². The van der Waals surface area contributed by atoms with Crippen LogP contribution in [0.3, 0.4) is 0 Å². The van der Waals surface area contributed by atoms with Gasteiger partial charge in [-0.15, -0.1) is 11.3 Å². The second-order valence-corrected chi connectivity index (χ2v) is 9.37. The number of carbonyl (C=O) groups is 3. The van der Waals surface area contributed by atoms with E-state index < -0.39 is 17.9 Å². The Kier molecular flexibility index (Phi) is 4.36. The SMILES string of the molecule is O=C(c1cccs1)[C@@H]1[C@@H]2C(=O)N(Cc3ccccc3)C(=O)[C@H]2[C@@H]2c3ccccc3C=CN12. The average molecular weight is 441 g/mol. The van der Waals surface area contributed by atoms with Gasteiger partial charge in [0.15, 0.2) is 5.78 Å². The first-order chi connectivity index (χ1) is 15.6. The summed E-state index contributed by atoms with van der Waals surface area (Å²) in [6.45, 7) is 0.232. The van der Waals surface area contributed by atoms with E-state index in [2.05, 4.69) is 0 Å². The van der Waals surface area contributed by atoms with Crippen molar-refractivity contribution in [2.75, 3.05) is 0 Å². The minimum atomic E-state index is -0.693. The molecule has 2 saturated heterocycles. The van der Waals surface area contributed by atoms with Gasteiger partial charge in [-0.2, -0.15) is 0 Å². The summed E-state index contributed by atoms with van der Waals surface area (Å²) in [4.78, 5) is 44.8. The summed E-state index contributed by atoms with van der Waals surface area (Å²) in [6.07, 6.45) is 3.86. The third kappa shape index (κ3) is 2.72. The lowest BCUT2D eigenvalue weighted by Crippen LogP contribution is -2.43. The van der Waals surface area contributed by atoms with Gasteiger partial charge >= 0.3 is 0 Å². The van der Waals surface area contributed by atoms with Crippen molar-refractivity contribution in [3.05, 3.63) is 99.9 Å². The molecule has 158 valence electrons. The van der Waals surface area contributed by atoms with E-state index in [4.69, 9.17) is 0 Å². The van der Waals surface area contributed by atoms with Crippen LogP contribution in [0.15, 0.2) is 78.3 Å². The van der Waals surface area contributed by atoms with Crippen LogP contribution >= 0.6 is 11.3 Å². The van der Waals surface area contributed by atoms with E-state index in [1.54, 1.807) is 6.07 Å². The largest absolute Gasteiger partial charge is 0.358 e. The fourth-order valence-electron chi connectivity index (χ4n) is 5.41. The maximum Gasteiger partial charge on any atom is 0.236 e. The second-order valence-electron chi connectivity index (χ2n) is 8.42. The van der Waals surface area contributed by atoms with E-state index in [-0.39, 0.29) is 30.2 Å². The molecule has 5 nitrogen and oxygen atoms in total. The lowest BCUT2D eigenvalue weighted by Gasteiger charge is -2.35. The van der Waals surface area contributed by atoms with Crippen molar-refractivity contribution in [1.29, 1.82) is 0 Å². The lowest BCUT2D eigenvalue weighted by atomic mass is 9.84. The van der Waals surface area contributed by atoms with Gasteiger partial charge in [-0.05, 0) is 34.2 Å². The number of amides is 2. The lowest BCUT2D eigenvalue weighted by molar-refractivity contribution is -0.142. The predicted molar refractivity (Wildman–Crippen MR) is 121 cm³/mol. The molecule has 4 heterocycles. The summed E-state index contributed by atoms with van der Waals surface area (Å²) in [5, 5.41) is 1.86. The number of carbonyl (C=O) groups excluding carboxylic acids is 3. The van der Waals surface area contributed by atoms with Crippen molar-refractivity contribution in [3.8, 4) is 0 Å². The fraction of sp³-hybridized carbons (Fsp3) is 0.192. The third-order valence-electron chi connectivity index (χ3n) is 6.77. The van der Waals surface area contributed by atoms with E-state index in [1.165, 1.54) is 16.2 Å². The summed E-state index contributed by atoms with van der Waals surface area (Å²) in [7, 11) is 0. The first-order valence-electron chi connectivity index (χ1n) is 10.7. The zero-order valence-corrected chi connectivity index (χ0v) is 17.9. The number of Topliss-reactive ketones (excluding diaryl/α,β-unsaturated/α-hetero) is 1. The quantitative estimate of drug-likeness (QED) is 0.452. The molecule has 0 saturated carbocycles. The standard InChI is InChI=1S/C26H20N2O3S/c29-24(19-11-6-14-32-19)23-21-20(22-18-10-5-4-9-17(18)12-13-27(22)23)25(30)28(26(21)31)15-16-7-2-1-3-8-16/h1-14,20-23H,15H2/t20-,21-,22+,23+/m1/s1. The number of hydrogen-bond donors (Lipinski definition) is 0. The van der Waals surface area contributed by atoms with Crippen LogP contribution in [0.4, 0.5) is 0 Å². The third-order valence-corrected chi connectivity index (χ3v) is 7.65. The summed E-state index contributed by atoms with van der Waals surface area (Å²) in [5.41, 5.74) is 2.92. The van der Waals surface area contributed by atoms with E-state index in [0.29, 0.717) is 4.88 Å². The maximum atomic E-state index is 13.7. The molecule has 2 aromatic carbocycles. The number of likely N-dealkylation sites (tertiary alicyclic amines) is 1. The first-order valence-corrected chi connectivity index (χ1v) is 11.5. The molecule has 2 amide bonds. The molecule has 0 unspecified atom stereocenters. The fourth-order valence-corrected chi connectivity index (χ4v) is 6.10. The van der Waals surface area contributed by atoms with Crippen LogP contribution in [-0.2, 0) is 16.1 Å². The normalized spacial score (nSPS) is 25.6. The Labute approximate surface area is 189 Å². The molecule has 3 aliphatic rings. The van der Waals surface area contributed by atoms with Gasteiger partial charge < -0.3 is 4.90 Å². The van der Waals surface area contributed by atoms with Gasteiger partial charge in [-0.3, -0.25) is 19.3 Å². The zero-order chi connectivity index (χ0) is 21.8. The van der Waals surface area contributed by atoms with Crippen LogP contribution in [0.25, 0.3) is 6.08 Å². The van der Waals surface area contributed by atoms with Gasteiger partial charge in [0.25, 0.3) is 0 Å². The van der Waals surface area contributed by atoms with Crippen LogP contribution in [-0.4, -0.2) is 33.4 Å². The Morgan fingerprint density at radius 1 is 0.875 bits per heavy atom. The highest BCUT2D eigenvalue weighted by atomic mass is 32.1. The molecule has 0 spiro atoms. The summed E-state index contributed by atoms with van der Waals surface area (Å²) in [5.74, 6) is -1.80. The molecule has 4 atom stereocenters. The maximum absolute atomic E-state index is 13.7. The highest BCUT2D eigenvalue weighted by molar-refractivity contribution is 7.12. The van der Waals surface area contributed by atoms with Crippen molar-refractivity contribution in [2.45, 2.75) is 18.6 Å². The summed E-state index contributed by atoms with van der Waals surface area (Å²) >= 11 is 1.37. The number of imide groups is 1. The van der Waals surface area contributed by atoms with Gasteiger partial charge in [-0.25, -0.2) is 0 Å². The molecule has 6 rings (SSSR count). The van der Waals surface area contributed by atoms with E-state index >= 15 is 0 Å². The van der Waals surface area contributed by atoms with E-state index in [9.17, 15) is 14.4 Å². The molecule has 6 heteroatoms. The zero-order valence-electron chi connectivity index (χ0n) is 17.1. The van der Waals surface area contributed by atoms with E-state index in [0.717, 1.165) is 16.7 Å². The minimum Gasteiger partial charge on any atom is -0.358 e. The second kappa shape index (κ2) is 7.28. The van der Waals surface area contributed by atoms with Gasteiger partial charge in [0.1, 0.15) is 6.04 Å². The summed E-state index contributed by atoms with van der Waals surface area (Å²) < 4.78 is 0. The van der Waals surface area contributed by atoms with Crippen molar-refractivity contribution >= 4 is 35.0 Å². The molecule has 0 N–H and O–H groups in total. The van der Waals surface area contributed by atoms with Crippen LogP contribution < -0.4 is 0 Å². The predicted octanol–water partition coefficient (Wildman–Crippen LogP) is 4.14. The Balaban J connectivity index is 1.45. The Morgan fingerprint density at radius 2 is 1.62 bits per heavy atom. The Hall–Kier alpha value is -3.51. The van der Waals surface area contributed by atoms with E-state index in [1.807, 2.05) is 83.2 Å². The topological polar surface area (TPSA) is 57.7 Å². The smallest absolute Gasteiger partial charge is 0.236 e.